The Morgan fingerprint density at radius 2 is 1.76 bits per heavy atom. The van der Waals surface area contributed by atoms with Gasteiger partial charge in [0.15, 0.2) is 0 Å². The van der Waals surface area contributed by atoms with Crippen LogP contribution in [0.25, 0.3) is 0 Å². The summed E-state index contributed by atoms with van der Waals surface area (Å²) in [6.07, 6.45) is 1.92. The third-order valence-corrected chi connectivity index (χ3v) is 3.58. The van der Waals surface area contributed by atoms with E-state index in [1.807, 2.05) is 38.4 Å². The lowest BCUT2D eigenvalue weighted by molar-refractivity contribution is 0.259. The first kappa shape index (κ1) is 15.9. The molecule has 112 valence electrons. The Morgan fingerprint density at radius 3 is 2.48 bits per heavy atom. The second-order valence-corrected chi connectivity index (χ2v) is 5.83. The summed E-state index contributed by atoms with van der Waals surface area (Å²) in [4.78, 5) is 2.11. The van der Waals surface area contributed by atoms with Crippen LogP contribution in [0.5, 0.6) is 5.75 Å². The lowest BCUT2D eigenvalue weighted by atomic mass is 10.0. The van der Waals surface area contributed by atoms with Gasteiger partial charge in [0.25, 0.3) is 0 Å². The van der Waals surface area contributed by atoms with Gasteiger partial charge in [-0.2, -0.15) is 0 Å². The summed E-state index contributed by atoms with van der Waals surface area (Å²) in [7, 11) is 4.09. The van der Waals surface area contributed by atoms with Gasteiger partial charge >= 0.3 is 0 Å². The first-order valence-corrected chi connectivity index (χ1v) is 7.63. The van der Waals surface area contributed by atoms with E-state index < -0.39 is 0 Å². The van der Waals surface area contributed by atoms with Crippen LogP contribution in [0.15, 0.2) is 48.5 Å². The molecule has 0 aliphatic rings. The molecule has 0 amide bonds. The predicted octanol–water partition coefficient (Wildman–Crippen LogP) is 4.07. The number of aryl methyl sites for hydroxylation is 2. The molecule has 0 unspecified atom stereocenters. The molecule has 2 rings (SSSR count). The summed E-state index contributed by atoms with van der Waals surface area (Å²) in [6.45, 7) is 1.59. The van der Waals surface area contributed by atoms with Crippen molar-refractivity contribution >= 4 is 11.6 Å². The highest BCUT2D eigenvalue weighted by atomic mass is 35.5. The zero-order valence-corrected chi connectivity index (χ0v) is 13.4. The largest absolute Gasteiger partial charge is 0.492 e. The normalized spacial score (nSPS) is 10.9. The van der Waals surface area contributed by atoms with Gasteiger partial charge in [-0.15, -0.1) is 0 Å². The molecule has 0 fully saturated rings. The van der Waals surface area contributed by atoms with Crippen LogP contribution in [0.4, 0.5) is 0 Å². The molecule has 2 nitrogen and oxygen atoms in total. The van der Waals surface area contributed by atoms with E-state index in [-0.39, 0.29) is 0 Å². The molecule has 0 bridgehead atoms. The highest BCUT2D eigenvalue weighted by Gasteiger charge is 2.06. The Balaban J connectivity index is 2.01. The van der Waals surface area contributed by atoms with E-state index in [1.54, 1.807) is 0 Å². The maximum absolute atomic E-state index is 6.12. The highest BCUT2D eigenvalue weighted by molar-refractivity contribution is 6.30. The minimum atomic E-state index is 0.687. The van der Waals surface area contributed by atoms with Crippen molar-refractivity contribution in [2.45, 2.75) is 12.8 Å². The quantitative estimate of drug-likeness (QED) is 0.764. The first-order chi connectivity index (χ1) is 10.1. The summed E-state index contributed by atoms with van der Waals surface area (Å²) in [5, 5.41) is 0.762. The fraction of sp³-hybridized carbons (Fsp3) is 0.333. The molecule has 21 heavy (non-hydrogen) atoms. The molecule has 0 N–H and O–H groups in total. The van der Waals surface area contributed by atoms with E-state index in [1.165, 1.54) is 11.1 Å². The fourth-order valence-corrected chi connectivity index (χ4v) is 2.34. The molecule has 0 saturated heterocycles. The number of halogens is 1. The van der Waals surface area contributed by atoms with Crippen LogP contribution in [0.1, 0.15) is 11.1 Å². The molecule has 0 spiro atoms. The van der Waals surface area contributed by atoms with Crippen molar-refractivity contribution in [1.29, 1.82) is 0 Å². The van der Waals surface area contributed by atoms with Crippen LogP contribution in [-0.4, -0.2) is 32.1 Å². The zero-order chi connectivity index (χ0) is 15.1. The van der Waals surface area contributed by atoms with Gasteiger partial charge < -0.3 is 9.64 Å². The molecule has 0 aliphatic carbocycles. The van der Waals surface area contributed by atoms with Crippen LogP contribution < -0.4 is 4.74 Å². The number of likely N-dealkylation sites (N-methyl/N-ethyl adjacent to an activating group) is 1. The van der Waals surface area contributed by atoms with E-state index >= 15 is 0 Å². The van der Waals surface area contributed by atoms with Gasteiger partial charge in [-0.3, -0.25) is 0 Å². The Kier molecular flexibility index (Phi) is 6.09. The third-order valence-electron chi connectivity index (χ3n) is 3.34. The molecule has 0 aromatic heterocycles. The van der Waals surface area contributed by atoms with Crippen molar-refractivity contribution in [1.82, 2.24) is 4.90 Å². The monoisotopic (exact) mass is 303 g/mol. The SMILES string of the molecule is CN(C)CCOc1ccc(Cl)cc1CCc1ccccc1. The molecule has 0 atom stereocenters. The molecule has 0 aliphatic heterocycles. The van der Waals surface area contributed by atoms with Crippen LogP contribution in [0, 0.1) is 0 Å². The first-order valence-electron chi connectivity index (χ1n) is 7.25. The lowest BCUT2D eigenvalue weighted by Gasteiger charge is -2.14. The average molecular weight is 304 g/mol. The molecule has 3 heteroatoms. The fourth-order valence-electron chi connectivity index (χ4n) is 2.15. The second kappa shape index (κ2) is 8.06. The number of nitrogens with zero attached hydrogens (tertiary/aromatic N) is 1. The van der Waals surface area contributed by atoms with Gasteiger partial charge in [0, 0.05) is 11.6 Å². The van der Waals surface area contributed by atoms with Crippen molar-refractivity contribution in [3.8, 4) is 5.75 Å². The van der Waals surface area contributed by atoms with Gasteiger partial charge in [0.1, 0.15) is 12.4 Å². The van der Waals surface area contributed by atoms with Crippen LogP contribution in [-0.2, 0) is 12.8 Å². The average Bonchev–Trinajstić information content (AvgIpc) is 2.48. The molecule has 0 heterocycles. The third kappa shape index (κ3) is 5.41. The number of rotatable bonds is 7. The van der Waals surface area contributed by atoms with E-state index in [4.69, 9.17) is 16.3 Å². The van der Waals surface area contributed by atoms with E-state index in [9.17, 15) is 0 Å². The summed E-state index contributed by atoms with van der Waals surface area (Å²) >= 11 is 6.12. The Labute approximate surface area is 132 Å². The summed E-state index contributed by atoms with van der Waals surface area (Å²) in [5.74, 6) is 0.942. The molecule has 0 saturated carbocycles. The van der Waals surface area contributed by atoms with Crippen molar-refractivity contribution in [2.24, 2.45) is 0 Å². The van der Waals surface area contributed by atoms with Crippen molar-refractivity contribution in [3.63, 3.8) is 0 Å². The molecule has 2 aromatic rings. The van der Waals surface area contributed by atoms with E-state index in [2.05, 4.69) is 29.2 Å². The topological polar surface area (TPSA) is 12.5 Å². The summed E-state index contributed by atoms with van der Waals surface area (Å²) < 4.78 is 5.89. The molecular formula is C18H22ClNO. The maximum atomic E-state index is 6.12. The number of benzene rings is 2. The van der Waals surface area contributed by atoms with Crippen molar-refractivity contribution < 1.29 is 4.74 Å². The van der Waals surface area contributed by atoms with Crippen molar-refractivity contribution in [3.05, 3.63) is 64.7 Å². The van der Waals surface area contributed by atoms with Crippen LogP contribution in [0.3, 0.4) is 0 Å². The van der Waals surface area contributed by atoms with Gasteiger partial charge in [-0.25, -0.2) is 0 Å². The zero-order valence-electron chi connectivity index (χ0n) is 12.7. The minimum Gasteiger partial charge on any atom is -0.492 e. The summed E-state index contributed by atoms with van der Waals surface area (Å²) in [5.41, 5.74) is 2.50. The lowest BCUT2D eigenvalue weighted by Crippen LogP contribution is -2.19. The Bertz CT molecular complexity index is 554. The molecule has 0 radical (unpaired) electrons. The molecule has 2 aromatic carbocycles. The summed E-state index contributed by atoms with van der Waals surface area (Å²) in [6, 6.07) is 16.4. The van der Waals surface area contributed by atoms with Gasteiger partial charge in [-0.05, 0) is 56.3 Å². The minimum absolute atomic E-state index is 0.687. The Morgan fingerprint density at radius 1 is 1.00 bits per heavy atom. The standard InChI is InChI=1S/C18H22ClNO/c1-20(2)12-13-21-18-11-10-17(19)14-16(18)9-8-15-6-4-3-5-7-15/h3-7,10-11,14H,8-9,12-13H2,1-2H3. The molecular weight excluding hydrogens is 282 g/mol. The van der Waals surface area contributed by atoms with Crippen molar-refractivity contribution in [2.75, 3.05) is 27.2 Å². The highest BCUT2D eigenvalue weighted by Crippen LogP contribution is 2.24. The smallest absolute Gasteiger partial charge is 0.122 e. The Hall–Kier alpha value is -1.51. The number of ether oxygens (including phenoxy) is 1. The van der Waals surface area contributed by atoms with Gasteiger partial charge in [0.2, 0.25) is 0 Å². The predicted molar refractivity (Wildman–Crippen MR) is 89.4 cm³/mol. The van der Waals surface area contributed by atoms with Crippen LogP contribution >= 0.6 is 11.6 Å². The number of hydrogen-bond donors (Lipinski definition) is 0. The van der Waals surface area contributed by atoms with E-state index in [0.29, 0.717) is 6.61 Å². The van der Waals surface area contributed by atoms with Crippen LogP contribution in [0.2, 0.25) is 5.02 Å². The number of hydrogen-bond acceptors (Lipinski definition) is 2. The van der Waals surface area contributed by atoms with Gasteiger partial charge in [-0.1, -0.05) is 41.9 Å². The second-order valence-electron chi connectivity index (χ2n) is 5.39. The van der Waals surface area contributed by atoms with E-state index in [0.717, 1.165) is 30.2 Å². The maximum Gasteiger partial charge on any atom is 0.122 e. The van der Waals surface area contributed by atoms with Gasteiger partial charge in [0.05, 0.1) is 0 Å².